The topological polar surface area (TPSA) is 25.2 Å². The Morgan fingerprint density at radius 3 is 3.27 bits per heavy atom. The molecule has 11 heavy (non-hydrogen) atoms. The summed E-state index contributed by atoms with van der Waals surface area (Å²) in [6, 6.07) is 3.90. The van der Waals surface area contributed by atoms with E-state index in [4.69, 9.17) is 12.2 Å². The smallest absolute Gasteiger partial charge is 0.160 e. The molecule has 1 aromatic heterocycles. The molecule has 3 heteroatoms. The van der Waals surface area contributed by atoms with Crippen LogP contribution in [0, 0.1) is 0 Å². The van der Waals surface area contributed by atoms with Gasteiger partial charge in [0.2, 0.25) is 0 Å². The van der Waals surface area contributed by atoms with Crippen molar-refractivity contribution in [2.24, 2.45) is 4.99 Å². The molecule has 0 saturated carbocycles. The number of thiocarbonyl (C=S) groups is 1. The summed E-state index contributed by atoms with van der Waals surface area (Å²) < 4.78 is 0. The van der Waals surface area contributed by atoms with Crippen LogP contribution >= 0.6 is 12.2 Å². The van der Waals surface area contributed by atoms with Gasteiger partial charge in [0.1, 0.15) is 4.99 Å². The highest BCUT2D eigenvalue weighted by atomic mass is 32.1. The third-order valence-corrected chi connectivity index (χ3v) is 1.80. The van der Waals surface area contributed by atoms with E-state index in [1.165, 1.54) is 0 Å². The Hall–Kier alpha value is -1.09. The summed E-state index contributed by atoms with van der Waals surface area (Å²) in [6.07, 6.45) is 4.55. The largest absolute Gasteiger partial charge is 0.237 e. The molecule has 54 valence electrons. The molecule has 0 radical (unpaired) electrons. The summed E-state index contributed by atoms with van der Waals surface area (Å²) in [5.41, 5.74) is 0.753. The van der Waals surface area contributed by atoms with Gasteiger partial charge < -0.3 is 0 Å². The average molecular weight is 162 g/mol. The third kappa shape index (κ3) is 1.19. The minimum absolute atomic E-state index is 0.719. The summed E-state index contributed by atoms with van der Waals surface area (Å²) in [4.78, 5) is 8.94. The van der Waals surface area contributed by atoms with Crippen LogP contribution in [0.15, 0.2) is 23.3 Å². The van der Waals surface area contributed by atoms with Crippen molar-refractivity contribution in [3.8, 4) is 0 Å². The second-order valence-electron chi connectivity index (χ2n) is 2.33. The fraction of sp³-hybridized carbons (Fsp3) is 0.125. The van der Waals surface area contributed by atoms with E-state index in [1.54, 1.807) is 6.20 Å². The maximum atomic E-state index is 4.94. The van der Waals surface area contributed by atoms with E-state index in [0.29, 0.717) is 0 Å². The molecule has 0 aromatic carbocycles. The van der Waals surface area contributed by atoms with Crippen molar-refractivity contribution in [1.82, 2.24) is 4.98 Å². The highest BCUT2D eigenvalue weighted by Crippen LogP contribution is 1.90. The van der Waals surface area contributed by atoms with Gasteiger partial charge in [-0.2, -0.15) is 0 Å². The van der Waals surface area contributed by atoms with Gasteiger partial charge in [0, 0.05) is 17.8 Å². The lowest BCUT2D eigenvalue weighted by Gasteiger charge is -1.97. The zero-order valence-electron chi connectivity index (χ0n) is 5.82. The van der Waals surface area contributed by atoms with Crippen LogP contribution in [0.4, 0.5) is 0 Å². The normalized spacial score (nSPS) is 14.7. The number of hydrogen-bond acceptors (Lipinski definition) is 2. The van der Waals surface area contributed by atoms with Crippen LogP contribution in [0.5, 0.6) is 0 Å². The van der Waals surface area contributed by atoms with Crippen molar-refractivity contribution < 1.29 is 0 Å². The molecule has 0 fully saturated rings. The number of pyridine rings is 1. The SMILES string of the molecule is S=C1CC=c2cccnc2=N1. The number of aromatic nitrogens is 1. The molecule has 2 heterocycles. The molecular formula is C8H6N2S. The fourth-order valence-electron chi connectivity index (χ4n) is 1.02. The molecule has 0 saturated heterocycles. The van der Waals surface area contributed by atoms with E-state index in [1.807, 2.05) is 12.1 Å². The van der Waals surface area contributed by atoms with Gasteiger partial charge in [-0.1, -0.05) is 18.3 Å². The Morgan fingerprint density at radius 1 is 1.45 bits per heavy atom. The molecule has 0 unspecified atom stereocenters. The van der Waals surface area contributed by atoms with E-state index >= 15 is 0 Å². The molecule has 0 bridgehead atoms. The predicted molar refractivity (Wildman–Crippen MR) is 46.7 cm³/mol. The lowest BCUT2D eigenvalue weighted by atomic mass is 10.2. The van der Waals surface area contributed by atoms with Gasteiger partial charge in [0.15, 0.2) is 5.49 Å². The lowest BCUT2D eigenvalue weighted by Crippen LogP contribution is -2.31. The first kappa shape index (κ1) is 6.61. The summed E-state index contributed by atoms with van der Waals surface area (Å²) in [5, 5.41) is 1.08. The maximum absolute atomic E-state index is 4.94. The van der Waals surface area contributed by atoms with Gasteiger partial charge in [-0.15, -0.1) is 0 Å². The number of hydrogen-bond donors (Lipinski definition) is 0. The van der Waals surface area contributed by atoms with Crippen LogP contribution in [0.25, 0.3) is 6.08 Å². The fourth-order valence-corrected chi connectivity index (χ4v) is 1.19. The van der Waals surface area contributed by atoms with Crippen molar-refractivity contribution in [3.05, 3.63) is 29.0 Å². The third-order valence-electron chi connectivity index (χ3n) is 1.54. The summed E-state index contributed by atoms with van der Waals surface area (Å²) in [6.45, 7) is 0. The van der Waals surface area contributed by atoms with E-state index in [9.17, 15) is 0 Å². The molecule has 1 aliphatic heterocycles. The maximum Gasteiger partial charge on any atom is 0.160 e. The van der Waals surface area contributed by atoms with Crippen LogP contribution < -0.4 is 10.7 Å². The zero-order chi connectivity index (χ0) is 7.68. The average Bonchev–Trinajstić information content (AvgIpc) is 2.04. The standard InChI is InChI=1S/C8H6N2S/c11-7-4-3-6-2-1-5-9-8(6)10-7/h1-3,5H,4H2. The van der Waals surface area contributed by atoms with Gasteiger partial charge in [0.25, 0.3) is 0 Å². The summed E-state index contributed by atoms with van der Waals surface area (Å²) in [7, 11) is 0. The van der Waals surface area contributed by atoms with Crippen LogP contribution in [-0.4, -0.2) is 9.97 Å². The van der Waals surface area contributed by atoms with E-state index in [0.717, 1.165) is 22.1 Å². The Balaban J connectivity index is 2.83. The van der Waals surface area contributed by atoms with Crippen LogP contribution in [-0.2, 0) is 0 Å². The van der Waals surface area contributed by atoms with Crippen molar-refractivity contribution in [2.75, 3.05) is 0 Å². The van der Waals surface area contributed by atoms with Crippen LogP contribution in [0.3, 0.4) is 0 Å². The molecule has 0 spiro atoms. The Labute approximate surface area is 69.3 Å². The van der Waals surface area contributed by atoms with Crippen molar-refractivity contribution in [3.63, 3.8) is 0 Å². The van der Waals surface area contributed by atoms with Crippen LogP contribution in [0.2, 0.25) is 0 Å². The molecule has 0 N–H and O–H groups in total. The number of fused-ring (bicyclic) bond motifs is 1. The molecule has 2 rings (SSSR count). The molecule has 1 aromatic rings. The van der Waals surface area contributed by atoms with Crippen molar-refractivity contribution in [2.45, 2.75) is 6.42 Å². The molecule has 0 amide bonds. The zero-order valence-corrected chi connectivity index (χ0v) is 6.64. The van der Waals surface area contributed by atoms with E-state index in [2.05, 4.69) is 16.1 Å². The highest BCUT2D eigenvalue weighted by molar-refractivity contribution is 7.80. The predicted octanol–water partition coefficient (Wildman–Crippen LogP) is 0.213. The highest BCUT2D eigenvalue weighted by Gasteiger charge is 1.97. The molecular weight excluding hydrogens is 156 g/mol. The van der Waals surface area contributed by atoms with Gasteiger partial charge >= 0.3 is 0 Å². The quantitative estimate of drug-likeness (QED) is 0.510. The minimum Gasteiger partial charge on any atom is -0.237 e. The second-order valence-corrected chi connectivity index (χ2v) is 2.80. The Bertz CT molecular complexity index is 408. The van der Waals surface area contributed by atoms with E-state index in [-0.39, 0.29) is 0 Å². The Kier molecular flexibility index (Phi) is 1.51. The van der Waals surface area contributed by atoms with Gasteiger partial charge in [-0.05, 0) is 12.1 Å². The number of nitrogens with zero attached hydrogens (tertiary/aromatic N) is 2. The number of rotatable bonds is 0. The molecule has 1 aliphatic rings. The first-order chi connectivity index (χ1) is 5.36. The van der Waals surface area contributed by atoms with Crippen molar-refractivity contribution >= 4 is 23.3 Å². The second kappa shape index (κ2) is 2.51. The van der Waals surface area contributed by atoms with Gasteiger partial charge in [0.05, 0.1) is 0 Å². The first-order valence-corrected chi connectivity index (χ1v) is 3.80. The van der Waals surface area contributed by atoms with Gasteiger partial charge in [-0.25, -0.2) is 9.98 Å². The first-order valence-electron chi connectivity index (χ1n) is 3.39. The molecule has 0 atom stereocenters. The van der Waals surface area contributed by atoms with Gasteiger partial charge in [-0.3, -0.25) is 0 Å². The van der Waals surface area contributed by atoms with Crippen molar-refractivity contribution in [1.29, 1.82) is 0 Å². The van der Waals surface area contributed by atoms with E-state index < -0.39 is 0 Å². The monoisotopic (exact) mass is 162 g/mol. The molecule has 0 aliphatic carbocycles. The minimum atomic E-state index is 0.719. The molecule has 2 nitrogen and oxygen atoms in total. The summed E-state index contributed by atoms with van der Waals surface area (Å²) in [5.74, 6) is 0. The van der Waals surface area contributed by atoms with Crippen LogP contribution in [0.1, 0.15) is 6.42 Å². The summed E-state index contributed by atoms with van der Waals surface area (Å²) >= 11 is 4.94. The Morgan fingerprint density at radius 2 is 2.36 bits per heavy atom. The lowest BCUT2D eigenvalue weighted by molar-refractivity contribution is 1.12.